The van der Waals surface area contributed by atoms with Gasteiger partial charge < -0.3 is 15.2 Å². The van der Waals surface area contributed by atoms with Crippen LogP contribution in [0.3, 0.4) is 0 Å². The van der Waals surface area contributed by atoms with Gasteiger partial charge in [-0.1, -0.05) is 6.92 Å². The number of methoxy groups -OCH3 is 2. The molecule has 5 nitrogen and oxygen atoms in total. The highest BCUT2D eigenvalue weighted by molar-refractivity contribution is 6.07. The Bertz CT molecular complexity index is 509. The van der Waals surface area contributed by atoms with E-state index in [1.165, 1.54) is 0 Å². The lowest BCUT2D eigenvalue weighted by Crippen LogP contribution is -2.25. The van der Waals surface area contributed by atoms with E-state index in [2.05, 4.69) is 17.1 Å². The minimum atomic E-state index is 0.212. The summed E-state index contributed by atoms with van der Waals surface area (Å²) in [6.07, 6.45) is 0.708. The lowest BCUT2D eigenvalue weighted by atomic mass is 9.93. The van der Waals surface area contributed by atoms with E-state index < -0.39 is 0 Å². The molecule has 0 aromatic heterocycles. The van der Waals surface area contributed by atoms with E-state index >= 15 is 0 Å². The van der Waals surface area contributed by atoms with Gasteiger partial charge in [0, 0.05) is 17.9 Å². The van der Waals surface area contributed by atoms with E-state index in [0.717, 1.165) is 22.8 Å². The highest BCUT2D eigenvalue weighted by atomic mass is 16.5. The van der Waals surface area contributed by atoms with Crippen LogP contribution in [-0.2, 0) is 0 Å². The fraction of sp³-hybridized carbons (Fsp3) is 0.385. The molecule has 0 saturated carbocycles. The van der Waals surface area contributed by atoms with Crippen LogP contribution in [0.4, 0.5) is 0 Å². The zero-order chi connectivity index (χ0) is 13.1. The molecule has 2 N–H and O–H groups in total. The van der Waals surface area contributed by atoms with Crippen LogP contribution < -0.4 is 15.2 Å². The maximum absolute atomic E-state index is 5.68. The van der Waals surface area contributed by atoms with Gasteiger partial charge in [-0.05, 0) is 18.2 Å². The van der Waals surface area contributed by atoms with E-state index in [0.29, 0.717) is 12.3 Å². The third kappa shape index (κ3) is 2.30. The summed E-state index contributed by atoms with van der Waals surface area (Å²) in [6.45, 7) is 2.07. The van der Waals surface area contributed by atoms with E-state index in [1.807, 2.05) is 18.2 Å². The molecule has 0 amide bonds. The van der Waals surface area contributed by atoms with Crippen molar-refractivity contribution in [2.45, 2.75) is 13.3 Å². The van der Waals surface area contributed by atoms with E-state index in [1.54, 1.807) is 14.2 Å². The molecule has 1 unspecified atom stereocenters. The first-order chi connectivity index (χ1) is 8.65. The summed E-state index contributed by atoms with van der Waals surface area (Å²) >= 11 is 0. The molecule has 2 rings (SSSR count). The first-order valence-corrected chi connectivity index (χ1v) is 5.78. The highest BCUT2D eigenvalue weighted by Crippen LogP contribution is 2.28. The largest absolute Gasteiger partial charge is 0.497 e. The fourth-order valence-corrected chi connectivity index (χ4v) is 2.00. The van der Waals surface area contributed by atoms with Gasteiger partial charge in [0.1, 0.15) is 17.3 Å². The number of benzene rings is 1. The number of hydrogen-bond donors (Lipinski definition) is 1. The van der Waals surface area contributed by atoms with Gasteiger partial charge in [0.25, 0.3) is 0 Å². The smallest absolute Gasteiger partial charge is 0.128 e. The number of nitrogens with zero attached hydrogens (tertiary/aromatic N) is 2. The molecule has 96 valence electrons. The molecule has 1 aromatic rings. The lowest BCUT2D eigenvalue weighted by molar-refractivity contribution is 0.402. The Morgan fingerprint density at radius 1 is 1.22 bits per heavy atom. The molecule has 0 bridgehead atoms. The molecule has 1 heterocycles. The van der Waals surface area contributed by atoms with Crippen molar-refractivity contribution in [1.82, 2.24) is 0 Å². The van der Waals surface area contributed by atoms with Crippen LogP contribution >= 0.6 is 0 Å². The molecule has 0 spiro atoms. The minimum Gasteiger partial charge on any atom is -0.497 e. The SMILES string of the molecule is COc1ccc(OC)c(C2=NN=C(N)CC2C)c1. The second-order valence-corrected chi connectivity index (χ2v) is 4.25. The predicted octanol–water partition coefficient (Wildman–Crippen LogP) is 1.80. The van der Waals surface area contributed by atoms with Crippen LogP contribution in [0.2, 0.25) is 0 Å². The summed E-state index contributed by atoms with van der Waals surface area (Å²) in [4.78, 5) is 0. The van der Waals surface area contributed by atoms with E-state index in [4.69, 9.17) is 15.2 Å². The van der Waals surface area contributed by atoms with Gasteiger partial charge in [-0.25, -0.2) is 0 Å². The molecular formula is C13H17N3O2. The second kappa shape index (κ2) is 5.08. The Kier molecular flexibility index (Phi) is 3.50. The minimum absolute atomic E-state index is 0.212. The summed E-state index contributed by atoms with van der Waals surface area (Å²) in [6, 6.07) is 5.63. The Labute approximate surface area is 106 Å². The van der Waals surface area contributed by atoms with Gasteiger partial charge in [-0.15, -0.1) is 5.10 Å². The van der Waals surface area contributed by atoms with Crippen LogP contribution in [0.15, 0.2) is 28.4 Å². The molecule has 1 aliphatic rings. The summed E-state index contributed by atoms with van der Waals surface area (Å²) < 4.78 is 10.6. The fourth-order valence-electron chi connectivity index (χ4n) is 2.00. The predicted molar refractivity (Wildman–Crippen MR) is 71.5 cm³/mol. The topological polar surface area (TPSA) is 69.2 Å². The average molecular weight is 247 g/mol. The van der Waals surface area contributed by atoms with Crippen LogP contribution in [0.25, 0.3) is 0 Å². The monoisotopic (exact) mass is 247 g/mol. The van der Waals surface area contributed by atoms with Crippen molar-refractivity contribution >= 4 is 11.5 Å². The van der Waals surface area contributed by atoms with Gasteiger partial charge in [-0.2, -0.15) is 5.10 Å². The van der Waals surface area contributed by atoms with Crippen molar-refractivity contribution in [3.8, 4) is 11.5 Å². The Morgan fingerprint density at radius 2 is 2.00 bits per heavy atom. The normalized spacial score (nSPS) is 18.9. The molecule has 0 aliphatic carbocycles. The van der Waals surface area contributed by atoms with E-state index in [-0.39, 0.29) is 5.92 Å². The van der Waals surface area contributed by atoms with Gasteiger partial charge in [0.2, 0.25) is 0 Å². The van der Waals surface area contributed by atoms with Gasteiger partial charge in [-0.3, -0.25) is 0 Å². The summed E-state index contributed by atoms with van der Waals surface area (Å²) in [7, 11) is 3.27. The number of hydrogen-bond acceptors (Lipinski definition) is 5. The molecule has 5 heteroatoms. The second-order valence-electron chi connectivity index (χ2n) is 4.25. The zero-order valence-electron chi connectivity index (χ0n) is 10.8. The van der Waals surface area contributed by atoms with Crippen molar-refractivity contribution in [3.63, 3.8) is 0 Å². The average Bonchev–Trinajstić information content (AvgIpc) is 2.38. The van der Waals surface area contributed by atoms with E-state index in [9.17, 15) is 0 Å². The maximum atomic E-state index is 5.68. The number of amidine groups is 1. The van der Waals surface area contributed by atoms with Gasteiger partial charge in [0.05, 0.1) is 19.9 Å². The molecule has 0 fully saturated rings. The summed E-state index contributed by atoms with van der Waals surface area (Å²) in [5.41, 5.74) is 7.46. The number of rotatable bonds is 3. The van der Waals surface area contributed by atoms with Crippen molar-refractivity contribution in [2.24, 2.45) is 21.9 Å². The quantitative estimate of drug-likeness (QED) is 0.885. The molecule has 1 atom stereocenters. The molecular weight excluding hydrogens is 230 g/mol. The van der Waals surface area contributed by atoms with Crippen molar-refractivity contribution < 1.29 is 9.47 Å². The van der Waals surface area contributed by atoms with Crippen LogP contribution in [-0.4, -0.2) is 25.8 Å². The first kappa shape index (κ1) is 12.4. The molecule has 0 saturated heterocycles. The summed E-state index contributed by atoms with van der Waals surface area (Å²) in [5.74, 6) is 2.30. The van der Waals surface area contributed by atoms with Crippen molar-refractivity contribution in [2.75, 3.05) is 14.2 Å². The molecule has 1 aromatic carbocycles. The molecule has 18 heavy (non-hydrogen) atoms. The Hall–Kier alpha value is -2.04. The van der Waals surface area contributed by atoms with Gasteiger partial charge >= 0.3 is 0 Å². The van der Waals surface area contributed by atoms with Gasteiger partial charge in [0.15, 0.2) is 0 Å². The standard InChI is InChI=1S/C13H17N3O2/c1-8-6-12(14)15-16-13(8)10-7-9(17-2)4-5-11(10)18-3/h4-5,7-8H,6H2,1-3H3,(H2,14,15). The third-order valence-electron chi connectivity index (χ3n) is 2.95. The maximum Gasteiger partial charge on any atom is 0.128 e. The van der Waals surface area contributed by atoms with Crippen LogP contribution in [0.1, 0.15) is 18.9 Å². The number of ether oxygens (including phenoxy) is 2. The Balaban J connectivity index is 2.49. The third-order valence-corrected chi connectivity index (χ3v) is 2.95. The molecule has 1 aliphatic heterocycles. The number of nitrogens with two attached hydrogens (primary N) is 1. The first-order valence-electron chi connectivity index (χ1n) is 5.78. The Morgan fingerprint density at radius 3 is 2.61 bits per heavy atom. The van der Waals surface area contributed by atoms with Crippen molar-refractivity contribution in [1.29, 1.82) is 0 Å². The van der Waals surface area contributed by atoms with Crippen molar-refractivity contribution in [3.05, 3.63) is 23.8 Å². The summed E-state index contributed by atoms with van der Waals surface area (Å²) in [5, 5.41) is 8.14. The lowest BCUT2D eigenvalue weighted by Gasteiger charge is -2.19. The highest BCUT2D eigenvalue weighted by Gasteiger charge is 2.22. The molecule has 0 radical (unpaired) electrons. The zero-order valence-corrected chi connectivity index (χ0v) is 10.8. The van der Waals surface area contributed by atoms with Crippen LogP contribution in [0, 0.1) is 5.92 Å². The van der Waals surface area contributed by atoms with Crippen LogP contribution in [0.5, 0.6) is 11.5 Å².